The lowest BCUT2D eigenvalue weighted by Gasteiger charge is -2.34. The number of piperazine rings is 1. The Labute approximate surface area is 161 Å². The van der Waals surface area contributed by atoms with Gasteiger partial charge in [-0.3, -0.25) is 4.79 Å². The van der Waals surface area contributed by atoms with Crippen molar-refractivity contribution < 1.29 is 18.3 Å². The van der Waals surface area contributed by atoms with Gasteiger partial charge in [0.05, 0.1) is 10.5 Å². The number of hydrogen-bond donors (Lipinski definition) is 1. The van der Waals surface area contributed by atoms with Crippen LogP contribution in [0.5, 0.6) is 5.75 Å². The number of amides is 1. The van der Waals surface area contributed by atoms with Crippen LogP contribution < -0.4 is 0 Å². The highest BCUT2D eigenvalue weighted by Gasteiger charge is 2.31. The SMILES string of the molecule is O=C(c1cc(Cl)ccc1O)N1CCN(S(=O)(=O)c2cccc(Cl)c2)CC1. The minimum absolute atomic E-state index is 0.101. The van der Waals surface area contributed by atoms with Gasteiger partial charge in [0.2, 0.25) is 10.0 Å². The van der Waals surface area contributed by atoms with Crippen molar-refractivity contribution in [2.24, 2.45) is 0 Å². The Hall–Kier alpha value is -1.80. The van der Waals surface area contributed by atoms with Gasteiger partial charge in [0, 0.05) is 36.2 Å². The normalized spacial score (nSPS) is 15.8. The van der Waals surface area contributed by atoms with Gasteiger partial charge in [-0.05, 0) is 36.4 Å². The van der Waals surface area contributed by atoms with Gasteiger partial charge in [-0.1, -0.05) is 29.3 Å². The predicted molar refractivity (Wildman–Crippen MR) is 99.2 cm³/mol. The van der Waals surface area contributed by atoms with Gasteiger partial charge in [-0.25, -0.2) is 8.42 Å². The van der Waals surface area contributed by atoms with E-state index in [0.29, 0.717) is 10.0 Å². The lowest BCUT2D eigenvalue weighted by Crippen LogP contribution is -2.50. The molecule has 1 aliphatic rings. The molecule has 9 heteroatoms. The number of phenolic OH excluding ortho intramolecular Hbond substituents is 1. The molecule has 138 valence electrons. The highest BCUT2D eigenvalue weighted by molar-refractivity contribution is 7.89. The molecule has 0 aliphatic carbocycles. The molecule has 0 aromatic heterocycles. The number of phenols is 1. The summed E-state index contributed by atoms with van der Waals surface area (Å²) < 4.78 is 26.7. The van der Waals surface area contributed by atoms with Crippen LogP contribution in [0.25, 0.3) is 0 Å². The number of hydrogen-bond acceptors (Lipinski definition) is 4. The monoisotopic (exact) mass is 414 g/mol. The quantitative estimate of drug-likeness (QED) is 0.837. The first-order valence-electron chi connectivity index (χ1n) is 7.82. The summed E-state index contributed by atoms with van der Waals surface area (Å²) in [7, 11) is -3.67. The van der Waals surface area contributed by atoms with Crippen molar-refractivity contribution in [3.8, 4) is 5.75 Å². The van der Waals surface area contributed by atoms with Gasteiger partial charge in [0.25, 0.3) is 5.91 Å². The van der Waals surface area contributed by atoms with Gasteiger partial charge in [-0.15, -0.1) is 0 Å². The Morgan fingerprint density at radius 1 is 0.962 bits per heavy atom. The third-order valence-electron chi connectivity index (χ3n) is 4.15. The fourth-order valence-corrected chi connectivity index (χ4v) is 4.65. The largest absolute Gasteiger partial charge is 0.507 e. The Morgan fingerprint density at radius 2 is 1.62 bits per heavy atom. The maximum absolute atomic E-state index is 12.7. The van der Waals surface area contributed by atoms with Crippen molar-refractivity contribution in [2.75, 3.05) is 26.2 Å². The summed E-state index contributed by atoms with van der Waals surface area (Å²) in [5.41, 5.74) is 0.101. The highest BCUT2D eigenvalue weighted by Crippen LogP contribution is 2.25. The average Bonchev–Trinajstić information content (AvgIpc) is 2.63. The molecule has 0 unspecified atom stereocenters. The molecule has 0 bridgehead atoms. The molecule has 26 heavy (non-hydrogen) atoms. The van der Waals surface area contributed by atoms with Crippen LogP contribution in [-0.2, 0) is 10.0 Å². The van der Waals surface area contributed by atoms with Crippen LogP contribution in [0.4, 0.5) is 0 Å². The van der Waals surface area contributed by atoms with E-state index in [0.717, 1.165) is 0 Å². The van der Waals surface area contributed by atoms with E-state index in [4.69, 9.17) is 23.2 Å². The van der Waals surface area contributed by atoms with Crippen LogP contribution >= 0.6 is 23.2 Å². The minimum atomic E-state index is -3.67. The smallest absolute Gasteiger partial charge is 0.257 e. The van der Waals surface area contributed by atoms with Crippen LogP contribution in [0.15, 0.2) is 47.4 Å². The maximum atomic E-state index is 12.7. The number of sulfonamides is 1. The molecule has 1 fully saturated rings. The molecule has 1 heterocycles. The average molecular weight is 415 g/mol. The Morgan fingerprint density at radius 3 is 2.27 bits per heavy atom. The predicted octanol–water partition coefficient (Wildman–Crippen LogP) is 2.85. The summed E-state index contributed by atoms with van der Waals surface area (Å²) in [4.78, 5) is 14.2. The topological polar surface area (TPSA) is 77.9 Å². The van der Waals surface area contributed by atoms with Crippen LogP contribution in [0.2, 0.25) is 10.0 Å². The molecule has 1 amide bonds. The fourth-order valence-electron chi connectivity index (χ4n) is 2.76. The van der Waals surface area contributed by atoms with E-state index in [1.54, 1.807) is 12.1 Å². The molecule has 1 saturated heterocycles. The van der Waals surface area contributed by atoms with Crippen molar-refractivity contribution >= 4 is 39.1 Å². The highest BCUT2D eigenvalue weighted by atomic mass is 35.5. The second-order valence-corrected chi connectivity index (χ2v) is 8.63. The summed E-state index contributed by atoms with van der Waals surface area (Å²) >= 11 is 11.8. The zero-order valence-electron chi connectivity index (χ0n) is 13.6. The summed E-state index contributed by atoms with van der Waals surface area (Å²) in [5, 5.41) is 10.6. The fraction of sp³-hybridized carbons (Fsp3) is 0.235. The number of aromatic hydroxyl groups is 1. The van der Waals surface area contributed by atoms with Crippen molar-refractivity contribution in [3.63, 3.8) is 0 Å². The van der Waals surface area contributed by atoms with Crippen LogP contribution in [0, 0.1) is 0 Å². The number of nitrogens with zero attached hydrogens (tertiary/aromatic N) is 2. The number of rotatable bonds is 3. The van der Waals surface area contributed by atoms with Gasteiger partial charge >= 0.3 is 0 Å². The number of halogens is 2. The molecule has 0 saturated carbocycles. The molecule has 0 radical (unpaired) electrons. The standard InChI is InChI=1S/C17H16Cl2N2O4S/c18-12-2-1-3-14(10-12)26(24,25)21-8-6-20(7-9-21)17(23)15-11-13(19)4-5-16(15)22/h1-5,10-11,22H,6-9H2. The molecule has 0 spiro atoms. The molecule has 2 aromatic carbocycles. The second-order valence-electron chi connectivity index (χ2n) is 5.82. The molecule has 1 N–H and O–H groups in total. The first kappa shape index (κ1) is 19.0. The third-order valence-corrected chi connectivity index (χ3v) is 6.51. The number of carbonyl (C=O) groups excluding carboxylic acids is 1. The van der Waals surface area contributed by atoms with E-state index < -0.39 is 10.0 Å². The van der Waals surface area contributed by atoms with Gasteiger partial charge in [0.1, 0.15) is 5.75 Å². The Bertz CT molecular complexity index is 942. The Balaban J connectivity index is 1.73. The van der Waals surface area contributed by atoms with E-state index in [9.17, 15) is 18.3 Å². The lowest BCUT2D eigenvalue weighted by atomic mass is 10.1. The molecular weight excluding hydrogens is 399 g/mol. The molecule has 1 aliphatic heterocycles. The van der Waals surface area contributed by atoms with E-state index in [1.807, 2.05) is 0 Å². The first-order chi connectivity index (χ1) is 12.3. The Kier molecular flexibility index (Phi) is 5.43. The number of benzene rings is 2. The van der Waals surface area contributed by atoms with Gasteiger partial charge < -0.3 is 10.0 Å². The van der Waals surface area contributed by atoms with Gasteiger partial charge in [0.15, 0.2) is 0 Å². The molecule has 0 atom stereocenters. The lowest BCUT2D eigenvalue weighted by molar-refractivity contribution is 0.0695. The zero-order chi connectivity index (χ0) is 18.9. The molecule has 3 rings (SSSR count). The third kappa shape index (κ3) is 3.81. The van der Waals surface area contributed by atoms with Crippen molar-refractivity contribution in [2.45, 2.75) is 4.90 Å². The van der Waals surface area contributed by atoms with Crippen LogP contribution in [-0.4, -0.2) is 54.8 Å². The van der Waals surface area contributed by atoms with Crippen LogP contribution in [0.3, 0.4) is 0 Å². The van der Waals surface area contributed by atoms with Crippen molar-refractivity contribution in [1.29, 1.82) is 0 Å². The second kappa shape index (κ2) is 7.44. The van der Waals surface area contributed by atoms with Gasteiger partial charge in [-0.2, -0.15) is 4.31 Å². The minimum Gasteiger partial charge on any atom is -0.507 e. The van der Waals surface area contributed by atoms with E-state index in [-0.39, 0.29) is 48.3 Å². The van der Waals surface area contributed by atoms with Crippen LogP contribution in [0.1, 0.15) is 10.4 Å². The molecule has 6 nitrogen and oxygen atoms in total. The molecule has 2 aromatic rings. The first-order valence-corrected chi connectivity index (χ1v) is 10.0. The summed E-state index contributed by atoms with van der Waals surface area (Å²) in [5.74, 6) is -0.543. The summed E-state index contributed by atoms with van der Waals surface area (Å²) in [6.07, 6.45) is 0. The summed E-state index contributed by atoms with van der Waals surface area (Å²) in [6, 6.07) is 10.3. The van der Waals surface area contributed by atoms with E-state index in [1.165, 1.54) is 39.5 Å². The zero-order valence-corrected chi connectivity index (χ0v) is 15.9. The van der Waals surface area contributed by atoms with E-state index >= 15 is 0 Å². The van der Waals surface area contributed by atoms with E-state index in [2.05, 4.69) is 0 Å². The van der Waals surface area contributed by atoms with Crippen molar-refractivity contribution in [3.05, 3.63) is 58.1 Å². The number of carbonyl (C=O) groups is 1. The maximum Gasteiger partial charge on any atom is 0.257 e. The van der Waals surface area contributed by atoms with Crippen molar-refractivity contribution in [1.82, 2.24) is 9.21 Å². The summed E-state index contributed by atoms with van der Waals surface area (Å²) in [6.45, 7) is 0.735. The molecular formula is C17H16Cl2N2O4S.